The maximum atomic E-state index is 14.0. The zero-order valence-corrected chi connectivity index (χ0v) is 17.6. The van der Waals surface area contributed by atoms with Crippen molar-refractivity contribution in [3.05, 3.63) is 0 Å². The molecule has 1 spiro atoms. The zero-order valence-electron chi connectivity index (χ0n) is 17.6. The van der Waals surface area contributed by atoms with E-state index in [1.807, 2.05) is 4.90 Å². The van der Waals surface area contributed by atoms with Crippen molar-refractivity contribution >= 4 is 12.1 Å². The number of rotatable bonds is 4. The Kier molecular flexibility index (Phi) is 5.77. The highest BCUT2D eigenvalue weighted by molar-refractivity contribution is 5.76. The fourth-order valence-electron chi connectivity index (χ4n) is 6.70. The molecule has 0 aromatic carbocycles. The number of nitrogens with zero attached hydrogens (tertiary/aromatic N) is 3. The summed E-state index contributed by atoms with van der Waals surface area (Å²) in [5.74, 6) is 0.233. The first-order valence-electron chi connectivity index (χ1n) is 11.1. The monoisotopic (exact) mass is 411 g/mol. The molecule has 4 fully saturated rings. The van der Waals surface area contributed by atoms with Crippen LogP contribution in [0.5, 0.6) is 0 Å². The minimum Gasteiger partial charge on any atom is -0.468 e. The lowest BCUT2D eigenvalue weighted by atomic mass is 9.54. The average molecular weight is 412 g/mol. The highest BCUT2D eigenvalue weighted by Crippen LogP contribution is 2.56. The normalized spacial score (nSPS) is 39.1. The Hall–Kier alpha value is -1.41. The number of alkyl halides is 1. The van der Waals surface area contributed by atoms with Crippen LogP contribution in [0.15, 0.2) is 0 Å². The number of amides is 1. The minimum absolute atomic E-state index is 0.168. The van der Waals surface area contributed by atoms with E-state index in [0.717, 1.165) is 45.2 Å². The van der Waals surface area contributed by atoms with Crippen molar-refractivity contribution in [2.45, 2.75) is 69.7 Å². The molecule has 164 valence electrons. The van der Waals surface area contributed by atoms with Gasteiger partial charge in [-0.25, -0.2) is 9.18 Å². The lowest BCUT2D eigenvalue weighted by Crippen LogP contribution is -2.62. The molecule has 5 atom stereocenters. The van der Waals surface area contributed by atoms with E-state index in [4.69, 9.17) is 4.74 Å². The summed E-state index contributed by atoms with van der Waals surface area (Å²) in [6.07, 6.45) is 3.54. The summed E-state index contributed by atoms with van der Waals surface area (Å²) >= 11 is 0. The van der Waals surface area contributed by atoms with Crippen molar-refractivity contribution in [1.29, 1.82) is 0 Å². The molecular weight excluding hydrogens is 377 g/mol. The molecule has 0 aromatic heterocycles. The van der Waals surface area contributed by atoms with Crippen LogP contribution in [-0.4, -0.2) is 96.0 Å². The Balaban J connectivity index is 1.33. The van der Waals surface area contributed by atoms with E-state index >= 15 is 0 Å². The van der Waals surface area contributed by atoms with Gasteiger partial charge >= 0.3 is 12.1 Å². The van der Waals surface area contributed by atoms with E-state index in [0.29, 0.717) is 31.6 Å². The molecule has 3 aliphatic heterocycles. The molecule has 0 aromatic rings. The zero-order chi connectivity index (χ0) is 20.8. The molecule has 4 rings (SSSR count). The van der Waals surface area contributed by atoms with Crippen LogP contribution in [0.2, 0.25) is 0 Å². The van der Waals surface area contributed by atoms with Gasteiger partial charge in [-0.15, -0.1) is 0 Å². The molecule has 8 heteroatoms. The third-order valence-corrected chi connectivity index (χ3v) is 8.16. The van der Waals surface area contributed by atoms with E-state index in [1.54, 1.807) is 4.90 Å². The Morgan fingerprint density at radius 1 is 1.24 bits per heavy atom. The number of esters is 1. The molecule has 1 N–H and O–H groups in total. The summed E-state index contributed by atoms with van der Waals surface area (Å²) in [7, 11) is 1.38. The average Bonchev–Trinajstić information content (AvgIpc) is 3.32. The van der Waals surface area contributed by atoms with Crippen LogP contribution >= 0.6 is 0 Å². The van der Waals surface area contributed by atoms with Crippen LogP contribution in [0.3, 0.4) is 0 Å². The third kappa shape index (κ3) is 3.63. The first-order valence-corrected chi connectivity index (χ1v) is 11.1. The first-order chi connectivity index (χ1) is 13.9. The number of carbonyl (C=O) groups is 2. The van der Waals surface area contributed by atoms with Crippen LogP contribution in [0, 0.1) is 11.3 Å². The fourth-order valence-corrected chi connectivity index (χ4v) is 6.70. The van der Waals surface area contributed by atoms with Gasteiger partial charge in [-0.3, -0.25) is 14.6 Å². The number of likely N-dealkylation sites (tertiary alicyclic amines) is 3. The molecule has 7 nitrogen and oxygen atoms in total. The fraction of sp³-hybridized carbons (Fsp3) is 0.905. The summed E-state index contributed by atoms with van der Waals surface area (Å²) in [5.41, 5.74) is 0.168. The minimum atomic E-state index is -0.951. The molecule has 4 aliphatic rings. The molecule has 0 bridgehead atoms. The van der Waals surface area contributed by atoms with Crippen LogP contribution in [0.25, 0.3) is 0 Å². The second-order valence-electron chi connectivity index (χ2n) is 9.44. The smallest absolute Gasteiger partial charge is 0.407 e. The van der Waals surface area contributed by atoms with Crippen molar-refractivity contribution in [3.8, 4) is 0 Å². The van der Waals surface area contributed by atoms with E-state index in [9.17, 15) is 19.1 Å². The van der Waals surface area contributed by atoms with Crippen molar-refractivity contribution in [2.24, 2.45) is 11.3 Å². The van der Waals surface area contributed by atoms with E-state index < -0.39 is 18.3 Å². The molecule has 0 radical (unpaired) electrons. The summed E-state index contributed by atoms with van der Waals surface area (Å²) in [4.78, 5) is 29.6. The summed E-state index contributed by atoms with van der Waals surface area (Å²) in [6, 6.07) is 0.320. The number of ether oxygens (including phenoxy) is 1. The Morgan fingerprint density at radius 2 is 1.97 bits per heavy atom. The number of carboxylic acid groups (broad SMARTS) is 1. The van der Waals surface area contributed by atoms with Gasteiger partial charge in [0.15, 0.2) is 0 Å². The van der Waals surface area contributed by atoms with Gasteiger partial charge in [0.1, 0.15) is 12.2 Å². The quantitative estimate of drug-likeness (QED) is 0.715. The summed E-state index contributed by atoms with van der Waals surface area (Å²) < 4.78 is 18.9. The van der Waals surface area contributed by atoms with E-state index in [-0.39, 0.29) is 23.8 Å². The SMILES string of the molecule is CCC1C(N2CCC(N3C[C@H](F)C[C@@H]3C(=O)OC)CC2)CC12CCN(C(=O)O)C2. The van der Waals surface area contributed by atoms with E-state index in [1.165, 1.54) is 7.11 Å². The van der Waals surface area contributed by atoms with Crippen LogP contribution in [0.4, 0.5) is 9.18 Å². The highest BCUT2D eigenvalue weighted by Gasteiger charge is 2.58. The largest absolute Gasteiger partial charge is 0.468 e. The van der Waals surface area contributed by atoms with Gasteiger partial charge in [-0.2, -0.15) is 0 Å². The van der Waals surface area contributed by atoms with Crippen molar-refractivity contribution in [3.63, 3.8) is 0 Å². The van der Waals surface area contributed by atoms with Gasteiger partial charge < -0.3 is 14.7 Å². The lowest BCUT2D eigenvalue weighted by molar-refractivity contribution is -0.147. The van der Waals surface area contributed by atoms with Crippen molar-refractivity contribution in [2.75, 3.05) is 39.8 Å². The van der Waals surface area contributed by atoms with Gasteiger partial charge in [0.2, 0.25) is 0 Å². The number of piperidine rings is 1. The van der Waals surface area contributed by atoms with Gasteiger partial charge in [-0.1, -0.05) is 13.3 Å². The molecule has 1 aliphatic carbocycles. The third-order valence-electron chi connectivity index (χ3n) is 8.16. The maximum absolute atomic E-state index is 14.0. The Bertz CT molecular complexity index is 641. The molecular formula is C21H34FN3O4. The number of hydrogen-bond donors (Lipinski definition) is 1. The van der Waals surface area contributed by atoms with Crippen LogP contribution in [-0.2, 0) is 9.53 Å². The van der Waals surface area contributed by atoms with Gasteiger partial charge in [0.25, 0.3) is 0 Å². The summed E-state index contributed by atoms with van der Waals surface area (Å²) in [6.45, 7) is 5.83. The topological polar surface area (TPSA) is 73.3 Å². The maximum Gasteiger partial charge on any atom is 0.407 e. The van der Waals surface area contributed by atoms with Crippen molar-refractivity contribution in [1.82, 2.24) is 14.7 Å². The highest BCUT2D eigenvalue weighted by atomic mass is 19.1. The predicted molar refractivity (Wildman–Crippen MR) is 105 cm³/mol. The number of carbonyl (C=O) groups excluding carboxylic acids is 1. The summed E-state index contributed by atoms with van der Waals surface area (Å²) in [5, 5.41) is 9.32. The standard InChI is InChI=1S/C21H34FN3O4/c1-3-16-18(11-21(16)6-9-24(13-21)20(27)28)23-7-4-15(5-8-23)25-12-14(22)10-17(25)19(26)29-2/h14-18H,3-13H2,1-2H3,(H,27,28)/t14-,16?,17-,18?,21?/m1/s1. The van der Waals surface area contributed by atoms with Crippen molar-refractivity contribution < 1.29 is 23.8 Å². The molecule has 3 heterocycles. The van der Waals surface area contributed by atoms with Gasteiger partial charge in [0.05, 0.1) is 7.11 Å². The van der Waals surface area contributed by atoms with Crippen LogP contribution in [0.1, 0.15) is 45.4 Å². The molecule has 29 heavy (non-hydrogen) atoms. The second kappa shape index (κ2) is 8.02. The lowest BCUT2D eigenvalue weighted by Gasteiger charge is -2.58. The van der Waals surface area contributed by atoms with Gasteiger partial charge in [0, 0.05) is 38.1 Å². The number of halogens is 1. The molecule has 1 amide bonds. The predicted octanol–water partition coefficient (Wildman–Crippen LogP) is 2.20. The molecule has 3 unspecified atom stereocenters. The second-order valence-corrected chi connectivity index (χ2v) is 9.44. The van der Waals surface area contributed by atoms with Crippen LogP contribution < -0.4 is 0 Å². The Morgan fingerprint density at radius 3 is 2.55 bits per heavy atom. The van der Waals surface area contributed by atoms with Gasteiger partial charge in [-0.05, 0) is 50.1 Å². The molecule has 3 saturated heterocycles. The number of hydrogen-bond acceptors (Lipinski definition) is 5. The molecule has 1 saturated carbocycles. The number of methoxy groups -OCH3 is 1. The first kappa shape index (κ1) is 20.8. The van der Waals surface area contributed by atoms with E-state index in [2.05, 4.69) is 11.8 Å². The Labute approximate surface area is 172 Å².